The van der Waals surface area contributed by atoms with Crippen LogP contribution in [0.5, 0.6) is 0 Å². The topological polar surface area (TPSA) is 3.24 Å². The van der Waals surface area contributed by atoms with Crippen LogP contribution in [-0.2, 0) is 6.42 Å². The highest BCUT2D eigenvalue weighted by Gasteiger charge is 2.22. The summed E-state index contributed by atoms with van der Waals surface area (Å²) in [4.78, 5) is 3.81. The van der Waals surface area contributed by atoms with Gasteiger partial charge in [0.2, 0.25) is 0 Å². The molecule has 1 nitrogen and oxygen atoms in total. The SMILES string of the molecule is CN(CC1Cc2ccccc2S1)c1ccccc1. The zero-order valence-corrected chi connectivity index (χ0v) is 11.4. The first-order valence-corrected chi connectivity index (χ1v) is 7.21. The second-order valence-corrected chi connectivity index (χ2v) is 6.11. The first kappa shape index (κ1) is 11.7. The van der Waals surface area contributed by atoms with E-state index in [1.54, 1.807) is 0 Å². The predicted octanol–water partition coefficient (Wildman–Crippen LogP) is 3.84. The lowest BCUT2D eigenvalue weighted by Gasteiger charge is -2.22. The van der Waals surface area contributed by atoms with Gasteiger partial charge in [-0.05, 0) is 30.2 Å². The summed E-state index contributed by atoms with van der Waals surface area (Å²) in [5, 5.41) is 0.674. The Morgan fingerprint density at radius 3 is 2.56 bits per heavy atom. The van der Waals surface area contributed by atoms with Gasteiger partial charge in [0.15, 0.2) is 0 Å². The smallest absolute Gasteiger partial charge is 0.0363 e. The van der Waals surface area contributed by atoms with Crippen molar-refractivity contribution < 1.29 is 0 Å². The molecule has 1 aliphatic rings. The first-order chi connectivity index (χ1) is 8.83. The lowest BCUT2D eigenvalue weighted by molar-refractivity contribution is 0.814. The number of thioether (sulfide) groups is 1. The van der Waals surface area contributed by atoms with E-state index in [2.05, 4.69) is 66.5 Å². The van der Waals surface area contributed by atoms with Gasteiger partial charge < -0.3 is 4.90 Å². The zero-order valence-electron chi connectivity index (χ0n) is 10.5. The third-order valence-electron chi connectivity index (χ3n) is 3.39. The Morgan fingerprint density at radius 2 is 1.78 bits per heavy atom. The average Bonchev–Trinajstić information content (AvgIpc) is 2.82. The fourth-order valence-corrected chi connectivity index (χ4v) is 3.83. The van der Waals surface area contributed by atoms with Gasteiger partial charge in [-0.3, -0.25) is 0 Å². The number of para-hydroxylation sites is 1. The summed E-state index contributed by atoms with van der Waals surface area (Å²) in [6.07, 6.45) is 1.19. The fourth-order valence-electron chi connectivity index (χ4n) is 2.45. The van der Waals surface area contributed by atoms with Crippen LogP contribution in [-0.4, -0.2) is 18.8 Å². The second-order valence-electron chi connectivity index (χ2n) is 4.77. The number of anilines is 1. The zero-order chi connectivity index (χ0) is 12.4. The van der Waals surface area contributed by atoms with E-state index in [0.29, 0.717) is 5.25 Å². The molecular weight excluding hydrogens is 238 g/mol. The molecule has 0 bridgehead atoms. The van der Waals surface area contributed by atoms with Crippen LogP contribution >= 0.6 is 11.8 Å². The van der Waals surface area contributed by atoms with Gasteiger partial charge in [-0.15, -0.1) is 11.8 Å². The molecule has 92 valence electrons. The number of benzene rings is 2. The fraction of sp³-hybridized carbons (Fsp3) is 0.250. The molecule has 0 saturated carbocycles. The largest absolute Gasteiger partial charge is 0.373 e. The van der Waals surface area contributed by atoms with E-state index in [1.807, 2.05) is 11.8 Å². The van der Waals surface area contributed by atoms with Crippen molar-refractivity contribution in [3.63, 3.8) is 0 Å². The molecule has 18 heavy (non-hydrogen) atoms. The van der Waals surface area contributed by atoms with Gasteiger partial charge >= 0.3 is 0 Å². The highest BCUT2D eigenvalue weighted by molar-refractivity contribution is 8.00. The number of nitrogens with zero attached hydrogens (tertiary/aromatic N) is 1. The summed E-state index contributed by atoms with van der Waals surface area (Å²) >= 11 is 2.02. The minimum Gasteiger partial charge on any atom is -0.373 e. The summed E-state index contributed by atoms with van der Waals surface area (Å²) in [5.74, 6) is 0. The van der Waals surface area contributed by atoms with Crippen molar-refractivity contribution in [2.45, 2.75) is 16.6 Å². The summed E-state index contributed by atoms with van der Waals surface area (Å²) in [7, 11) is 2.18. The number of hydrogen-bond donors (Lipinski definition) is 0. The Morgan fingerprint density at radius 1 is 1.06 bits per heavy atom. The summed E-state index contributed by atoms with van der Waals surface area (Å²) in [5.41, 5.74) is 2.81. The van der Waals surface area contributed by atoms with Gasteiger partial charge in [-0.2, -0.15) is 0 Å². The molecule has 0 spiro atoms. The lowest BCUT2D eigenvalue weighted by atomic mass is 10.1. The maximum atomic E-state index is 2.35. The average molecular weight is 255 g/mol. The molecule has 1 aliphatic heterocycles. The van der Waals surface area contributed by atoms with Gasteiger partial charge in [0.05, 0.1) is 0 Å². The van der Waals surface area contributed by atoms with E-state index in [-0.39, 0.29) is 0 Å². The van der Waals surface area contributed by atoms with Crippen molar-refractivity contribution in [2.75, 3.05) is 18.5 Å². The molecule has 2 heteroatoms. The molecule has 0 fully saturated rings. The number of fused-ring (bicyclic) bond motifs is 1. The standard InChI is InChI=1S/C16H17NS/c1-17(14-8-3-2-4-9-14)12-15-11-13-7-5-6-10-16(13)18-15/h2-10,15H,11-12H2,1H3. The molecule has 0 radical (unpaired) electrons. The van der Waals surface area contributed by atoms with Crippen LogP contribution in [0.4, 0.5) is 5.69 Å². The third kappa shape index (κ3) is 2.39. The quantitative estimate of drug-likeness (QED) is 0.820. The molecular formula is C16H17NS. The summed E-state index contributed by atoms with van der Waals surface area (Å²) < 4.78 is 0. The van der Waals surface area contributed by atoms with Gasteiger partial charge in [0.25, 0.3) is 0 Å². The van der Waals surface area contributed by atoms with Crippen LogP contribution in [0.3, 0.4) is 0 Å². The van der Waals surface area contributed by atoms with Crippen LogP contribution in [0.15, 0.2) is 59.5 Å². The molecule has 1 heterocycles. The van der Waals surface area contributed by atoms with Crippen molar-refractivity contribution in [3.05, 3.63) is 60.2 Å². The minimum absolute atomic E-state index is 0.674. The molecule has 0 aromatic heterocycles. The maximum absolute atomic E-state index is 2.35. The Hall–Kier alpha value is -1.41. The summed E-state index contributed by atoms with van der Waals surface area (Å²) in [6.45, 7) is 1.10. The van der Waals surface area contributed by atoms with E-state index in [1.165, 1.54) is 22.6 Å². The van der Waals surface area contributed by atoms with Gasteiger partial charge in [0, 0.05) is 29.4 Å². The Bertz CT molecular complexity index is 499. The van der Waals surface area contributed by atoms with E-state index >= 15 is 0 Å². The molecule has 0 aliphatic carbocycles. The normalized spacial score (nSPS) is 17.5. The highest BCUT2D eigenvalue weighted by Crippen LogP contribution is 2.37. The van der Waals surface area contributed by atoms with Crippen LogP contribution in [0.2, 0.25) is 0 Å². The number of rotatable bonds is 3. The predicted molar refractivity (Wildman–Crippen MR) is 79.5 cm³/mol. The molecule has 3 rings (SSSR count). The van der Waals surface area contributed by atoms with Crippen molar-refractivity contribution in [2.24, 2.45) is 0 Å². The highest BCUT2D eigenvalue weighted by atomic mass is 32.2. The molecule has 0 amide bonds. The summed E-state index contributed by atoms with van der Waals surface area (Å²) in [6, 6.07) is 19.4. The van der Waals surface area contributed by atoms with Crippen LogP contribution in [0.1, 0.15) is 5.56 Å². The van der Waals surface area contributed by atoms with Crippen LogP contribution in [0.25, 0.3) is 0 Å². The maximum Gasteiger partial charge on any atom is 0.0363 e. The van der Waals surface area contributed by atoms with Crippen LogP contribution < -0.4 is 4.90 Å². The van der Waals surface area contributed by atoms with Crippen molar-refractivity contribution in [3.8, 4) is 0 Å². The molecule has 1 atom stereocenters. The number of hydrogen-bond acceptors (Lipinski definition) is 2. The molecule has 2 aromatic rings. The third-order valence-corrected chi connectivity index (χ3v) is 4.69. The van der Waals surface area contributed by atoms with Gasteiger partial charge in [-0.1, -0.05) is 36.4 Å². The Balaban J connectivity index is 1.66. The Kier molecular flexibility index (Phi) is 3.28. The van der Waals surface area contributed by atoms with Gasteiger partial charge in [-0.25, -0.2) is 0 Å². The lowest BCUT2D eigenvalue weighted by Crippen LogP contribution is -2.26. The van der Waals surface area contributed by atoms with Gasteiger partial charge in [0.1, 0.15) is 0 Å². The Labute approximate surface area is 113 Å². The van der Waals surface area contributed by atoms with E-state index in [0.717, 1.165) is 6.54 Å². The van der Waals surface area contributed by atoms with Crippen LogP contribution in [0, 0.1) is 0 Å². The molecule has 0 N–H and O–H groups in total. The van der Waals surface area contributed by atoms with Crippen molar-refractivity contribution in [1.82, 2.24) is 0 Å². The van der Waals surface area contributed by atoms with E-state index in [9.17, 15) is 0 Å². The van der Waals surface area contributed by atoms with Crippen molar-refractivity contribution >= 4 is 17.4 Å². The van der Waals surface area contributed by atoms with E-state index in [4.69, 9.17) is 0 Å². The molecule has 0 saturated heterocycles. The molecule has 1 unspecified atom stereocenters. The first-order valence-electron chi connectivity index (χ1n) is 6.33. The monoisotopic (exact) mass is 255 g/mol. The van der Waals surface area contributed by atoms with Crippen molar-refractivity contribution in [1.29, 1.82) is 0 Å². The molecule has 2 aromatic carbocycles. The minimum atomic E-state index is 0.674. The van der Waals surface area contributed by atoms with E-state index < -0.39 is 0 Å². The second kappa shape index (κ2) is 5.07.